The molecule has 19 heavy (non-hydrogen) atoms. The van der Waals surface area contributed by atoms with Crippen molar-refractivity contribution >= 4 is 5.91 Å². The highest BCUT2D eigenvalue weighted by molar-refractivity contribution is 5.87. The van der Waals surface area contributed by atoms with E-state index in [1.54, 1.807) is 0 Å². The summed E-state index contributed by atoms with van der Waals surface area (Å²) in [5, 5.41) is 0. The first-order valence-electron chi connectivity index (χ1n) is 7.16. The molecule has 1 aliphatic carbocycles. The number of carbonyl (C=O) groups excluding carboxylic acids is 1. The van der Waals surface area contributed by atoms with E-state index in [2.05, 4.69) is 32.1 Å². The van der Waals surface area contributed by atoms with Crippen molar-refractivity contribution in [3.05, 3.63) is 47.7 Å². The highest BCUT2D eigenvalue weighted by Gasteiger charge is 2.50. The molecular weight excluding hydrogens is 234 g/mol. The van der Waals surface area contributed by atoms with E-state index in [1.807, 2.05) is 23.1 Å². The van der Waals surface area contributed by atoms with E-state index in [9.17, 15) is 4.79 Å². The van der Waals surface area contributed by atoms with Crippen molar-refractivity contribution in [2.45, 2.75) is 39.7 Å². The molecule has 1 amide bonds. The zero-order valence-electron chi connectivity index (χ0n) is 11.7. The van der Waals surface area contributed by atoms with Gasteiger partial charge in [-0.1, -0.05) is 50.3 Å². The SMILES string of the molecule is CC1(C)C(=O)N(Cc2ccccc2)C2=CCCCC21. The lowest BCUT2D eigenvalue weighted by atomic mass is 9.75. The number of hydrogen-bond acceptors (Lipinski definition) is 1. The van der Waals surface area contributed by atoms with Crippen LogP contribution in [0.2, 0.25) is 0 Å². The van der Waals surface area contributed by atoms with Gasteiger partial charge in [0.15, 0.2) is 0 Å². The van der Waals surface area contributed by atoms with Crippen LogP contribution in [-0.4, -0.2) is 10.8 Å². The van der Waals surface area contributed by atoms with Gasteiger partial charge >= 0.3 is 0 Å². The molecule has 0 radical (unpaired) electrons. The topological polar surface area (TPSA) is 20.3 Å². The Morgan fingerprint density at radius 1 is 1.26 bits per heavy atom. The Hall–Kier alpha value is -1.57. The van der Waals surface area contributed by atoms with Crippen molar-refractivity contribution in [1.29, 1.82) is 0 Å². The number of hydrogen-bond donors (Lipinski definition) is 0. The third kappa shape index (κ3) is 1.99. The molecule has 2 heteroatoms. The van der Waals surface area contributed by atoms with Crippen molar-refractivity contribution in [2.24, 2.45) is 11.3 Å². The van der Waals surface area contributed by atoms with E-state index < -0.39 is 0 Å². The maximum absolute atomic E-state index is 12.7. The highest BCUT2D eigenvalue weighted by atomic mass is 16.2. The molecule has 1 heterocycles. The molecule has 2 nitrogen and oxygen atoms in total. The molecule has 1 aliphatic heterocycles. The van der Waals surface area contributed by atoms with E-state index in [-0.39, 0.29) is 11.3 Å². The molecule has 2 aliphatic rings. The zero-order valence-corrected chi connectivity index (χ0v) is 11.7. The number of benzene rings is 1. The minimum atomic E-state index is -0.235. The van der Waals surface area contributed by atoms with Crippen LogP contribution in [0.15, 0.2) is 42.1 Å². The summed E-state index contributed by atoms with van der Waals surface area (Å²) in [6, 6.07) is 10.3. The molecule has 1 saturated heterocycles. The minimum absolute atomic E-state index is 0.235. The minimum Gasteiger partial charge on any atom is -0.311 e. The van der Waals surface area contributed by atoms with Gasteiger partial charge in [0.1, 0.15) is 0 Å². The van der Waals surface area contributed by atoms with Crippen LogP contribution in [0.1, 0.15) is 38.7 Å². The number of fused-ring (bicyclic) bond motifs is 1. The van der Waals surface area contributed by atoms with Gasteiger partial charge in [0, 0.05) is 11.6 Å². The Balaban J connectivity index is 1.92. The van der Waals surface area contributed by atoms with Crippen molar-refractivity contribution in [3.63, 3.8) is 0 Å². The molecule has 1 aromatic rings. The third-order valence-corrected chi connectivity index (χ3v) is 4.57. The predicted molar refractivity (Wildman–Crippen MR) is 76.2 cm³/mol. The number of amides is 1. The maximum Gasteiger partial charge on any atom is 0.233 e. The second kappa shape index (κ2) is 4.52. The first kappa shape index (κ1) is 12.5. The molecule has 100 valence electrons. The predicted octanol–water partition coefficient (Wildman–Crippen LogP) is 3.74. The summed E-state index contributed by atoms with van der Waals surface area (Å²) in [5.74, 6) is 0.701. The van der Waals surface area contributed by atoms with Crippen LogP contribution in [0.4, 0.5) is 0 Å². The highest BCUT2D eigenvalue weighted by Crippen LogP contribution is 2.48. The Morgan fingerprint density at radius 2 is 2.00 bits per heavy atom. The summed E-state index contributed by atoms with van der Waals surface area (Å²) in [5.41, 5.74) is 2.24. The molecule has 0 N–H and O–H groups in total. The normalized spacial score (nSPS) is 25.2. The Morgan fingerprint density at radius 3 is 2.74 bits per heavy atom. The van der Waals surface area contributed by atoms with Crippen LogP contribution in [-0.2, 0) is 11.3 Å². The summed E-state index contributed by atoms with van der Waals surface area (Å²) in [7, 11) is 0. The van der Waals surface area contributed by atoms with E-state index in [0.717, 1.165) is 12.8 Å². The van der Waals surface area contributed by atoms with Gasteiger partial charge in [0.05, 0.1) is 12.0 Å². The van der Waals surface area contributed by atoms with E-state index in [4.69, 9.17) is 0 Å². The summed E-state index contributed by atoms with van der Waals surface area (Å²) in [6.45, 7) is 4.92. The smallest absolute Gasteiger partial charge is 0.233 e. The lowest BCUT2D eigenvalue weighted by Gasteiger charge is -2.26. The molecule has 3 rings (SSSR count). The van der Waals surface area contributed by atoms with Gasteiger partial charge in [-0.15, -0.1) is 0 Å². The van der Waals surface area contributed by atoms with E-state index >= 15 is 0 Å². The van der Waals surface area contributed by atoms with Crippen LogP contribution in [0.3, 0.4) is 0 Å². The van der Waals surface area contributed by atoms with Gasteiger partial charge in [0.25, 0.3) is 0 Å². The average Bonchev–Trinajstić information content (AvgIpc) is 2.62. The van der Waals surface area contributed by atoms with Gasteiger partial charge in [-0.3, -0.25) is 4.79 Å². The lowest BCUT2D eigenvalue weighted by Crippen LogP contribution is -2.31. The summed E-state index contributed by atoms with van der Waals surface area (Å²) in [4.78, 5) is 14.7. The molecule has 0 bridgehead atoms. The molecule has 0 aromatic heterocycles. The fourth-order valence-corrected chi connectivity index (χ4v) is 3.43. The monoisotopic (exact) mass is 255 g/mol. The quantitative estimate of drug-likeness (QED) is 0.788. The van der Waals surface area contributed by atoms with Crippen LogP contribution >= 0.6 is 0 Å². The second-order valence-electron chi connectivity index (χ2n) is 6.21. The number of nitrogens with zero attached hydrogens (tertiary/aromatic N) is 1. The Kier molecular flexibility index (Phi) is 2.96. The molecule has 1 aromatic carbocycles. The van der Waals surface area contributed by atoms with Crippen LogP contribution in [0.5, 0.6) is 0 Å². The van der Waals surface area contributed by atoms with E-state index in [1.165, 1.54) is 17.7 Å². The molecule has 0 saturated carbocycles. The number of allylic oxidation sites excluding steroid dienone is 2. The number of carbonyl (C=O) groups is 1. The van der Waals surface area contributed by atoms with Crippen molar-refractivity contribution in [2.75, 3.05) is 0 Å². The van der Waals surface area contributed by atoms with Gasteiger partial charge in [-0.05, 0) is 24.8 Å². The van der Waals surface area contributed by atoms with Gasteiger partial charge in [0.2, 0.25) is 5.91 Å². The van der Waals surface area contributed by atoms with Gasteiger partial charge in [-0.25, -0.2) is 0 Å². The summed E-state index contributed by atoms with van der Waals surface area (Å²) >= 11 is 0. The van der Waals surface area contributed by atoms with E-state index in [0.29, 0.717) is 12.5 Å². The Bertz CT molecular complexity index is 515. The molecule has 1 fully saturated rings. The molecular formula is C17H21NO. The molecule has 1 unspecified atom stereocenters. The first-order chi connectivity index (χ1) is 9.10. The molecule has 1 atom stereocenters. The van der Waals surface area contributed by atoms with Gasteiger partial charge < -0.3 is 4.90 Å². The lowest BCUT2D eigenvalue weighted by molar-refractivity contribution is -0.135. The average molecular weight is 255 g/mol. The Labute approximate surface area is 115 Å². The third-order valence-electron chi connectivity index (χ3n) is 4.57. The molecule has 0 spiro atoms. The van der Waals surface area contributed by atoms with Crippen molar-refractivity contribution in [3.8, 4) is 0 Å². The second-order valence-corrected chi connectivity index (χ2v) is 6.21. The maximum atomic E-state index is 12.7. The van der Waals surface area contributed by atoms with Gasteiger partial charge in [-0.2, -0.15) is 0 Å². The largest absolute Gasteiger partial charge is 0.311 e. The van der Waals surface area contributed by atoms with Crippen molar-refractivity contribution in [1.82, 2.24) is 4.90 Å². The zero-order chi connectivity index (χ0) is 13.5. The standard InChI is InChI=1S/C17H21NO/c1-17(2)14-10-6-7-11-15(14)18(16(17)19)12-13-8-4-3-5-9-13/h3-5,8-9,11,14H,6-7,10,12H2,1-2H3. The summed E-state index contributed by atoms with van der Waals surface area (Å²) in [6.07, 6.45) is 5.75. The fourth-order valence-electron chi connectivity index (χ4n) is 3.43. The first-order valence-corrected chi connectivity index (χ1v) is 7.16. The fraction of sp³-hybridized carbons (Fsp3) is 0.471. The van der Waals surface area contributed by atoms with Crippen LogP contribution in [0.25, 0.3) is 0 Å². The van der Waals surface area contributed by atoms with Crippen LogP contribution < -0.4 is 0 Å². The summed E-state index contributed by atoms with van der Waals surface area (Å²) < 4.78 is 0. The van der Waals surface area contributed by atoms with Crippen LogP contribution in [0, 0.1) is 11.3 Å². The van der Waals surface area contributed by atoms with Crippen molar-refractivity contribution < 1.29 is 4.79 Å². The number of rotatable bonds is 2. The number of likely N-dealkylation sites (tertiary alicyclic amines) is 1.